The average Bonchev–Trinajstić information content (AvgIpc) is 2.02. The predicted molar refractivity (Wildman–Crippen MR) is 24.9 cm³/mol. The van der Waals surface area contributed by atoms with Crippen LogP contribution in [0.3, 0.4) is 0 Å². The molecule has 7 heavy (non-hydrogen) atoms. The summed E-state index contributed by atoms with van der Waals surface area (Å²) in [4.78, 5) is 0. The van der Waals surface area contributed by atoms with Crippen LogP contribution in [-0.2, 0) is 4.74 Å². The highest BCUT2D eigenvalue weighted by Crippen LogP contribution is 2.63. The van der Waals surface area contributed by atoms with Crippen molar-refractivity contribution in [1.82, 2.24) is 0 Å². The molecule has 1 nitrogen and oxygen atoms in total. The first-order valence-corrected chi connectivity index (χ1v) is 3.12. The number of rotatable bonds is 0. The highest BCUT2D eigenvalue weighted by atomic mass is 16.5. The maximum absolute atomic E-state index is 5.41. The summed E-state index contributed by atoms with van der Waals surface area (Å²) < 4.78 is 5.41. The Labute approximate surface area is 42.7 Å². The van der Waals surface area contributed by atoms with Crippen molar-refractivity contribution in [2.24, 2.45) is 11.8 Å². The molecule has 2 aliphatic carbocycles. The van der Waals surface area contributed by atoms with Crippen LogP contribution in [0.5, 0.6) is 0 Å². The van der Waals surface area contributed by atoms with E-state index in [0.29, 0.717) is 0 Å². The fourth-order valence-corrected chi connectivity index (χ4v) is 2.22. The molecular weight excluding hydrogens is 88.1 g/mol. The first kappa shape index (κ1) is 3.08. The molecule has 1 saturated heterocycles. The SMILES string of the molecule is C1CC2C3OC1C23. The second-order valence-corrected chi connectivity index (χ2v) is 2.96. The molecule has 38 valence electrons. The van der Waals surface area contributed by atoms with Crippen molar-refractivity contribution in [3.63, 3.8) is 0 Å². The molecule has 0 N–H and O–H groups in total. The van der Waals surface area contributed by atoms with Gasteiger partial charge in [-0.25, -0.2) is 0 Å². The van der Waals surface area contributed by atoms with Crippen LogP contribution in [0.2, 0.25) is 0 Å². The van der Waals surface area contributed by atoms with E-state index in [4.69, 9.17) is 4.74 Å². The van der Waals surface area contributed by atoms with Crippen molar-refractivity contribution in [3.05, 3.63) is 0 Å². The second-order valence-electron chi connectivity index (χ2n) is 2.96. The van der Waals surface area contributed by atoms with E-state index in [9.17, 15) is 0 Å². The van der Waals surface area contributed by atoms with Gasteiger partial charge in [0.2, 0.25) is 0 Å². The quantitative estimate of drug-likeness (QED) is 0.433. The molecule has 3 rings (SSSR count). The molecule has 3 aliphatic rings. The van der Waals surface area contributed by atoms with Gasteiger partial charge in [-0.1, -0.05) is 0 Å². The fraction of sp³-hybridized carbons (Fsp3) is 1.00. The van der Waals surface area contributed by atoms with E-state index in [1.54, 1.807) is 0 Å². The zero-order chi connectivity index (χ0) is 4.43. The van der Waals surface area contributed by atoms with E-state index in [0.717, 1.165) is 24.0 Å². The summed E-state index contributed by atoms with van der Waals surface area (Å²) in [6.07, 6.45) is 4.33. The third kappa shape index (κ3) is 0.177. The minimum atomic E-state index is 0.731. The molecule has 3 fully saturated rings. The van der Waals surface area contributed by atoms with Crippen LogP contribution >= 0.6 is 0 Å². The minimum Gasteiger partial charge on any atom is -0.374 e. The van der Waals surface area contributed by atoms with Gasteiger partial charge in [0.15, 0.2) is 0 Å². The number of fused-ring (bicyclic) bond motifs is 1. The van der Waals surface area contributed by atoms with E-state index < -0.39 is 0 Å². The van der Waals surface area contributed by atoms with Crippen LogP contribution in [0.4, 0.5) is 0 Å². The van der Waals surface area contributed by atoms with Crippen molar-refractivity contribution >= 4 is 0 Å². The van der Waals surface area contributed by atoms with Crippen LogP contribution in [0.1, 0.15) is 12.8 Å². The van der Waals surface area contributed by atoms with Crippen molar-refractivity contribution in [1.29, 1.82) is 0 Å². The van der Waals surface area contributed by atoms with Gasteiger partial charge in [-0.05, 0) is 18.8 Å². The lowest BCUT2D eigenvalue weighted by molar-refractivity contribution is -0.0723. The Morgan fingerprint density at radius 3 is 2.43 bits per heavy atom. The third-order valence-corrected chi connectivity index (χ3v) is 2.70. The predicted octanol–water partition coefficient (Wildman–Crippen LogP) is 0.794. The van der Waals surface area contributed by atoms with Gasteiger partial charge in [0.25, 0.3) is 0 Å². The Morgan fingerprint density at radius 2 is 2.29 bits per heavy atom. The van der Waals surface area contributed by atoms with Crippen molar-refractivity contribution in [3.8, 4) is 0 Å². The smallest absolute Gasteiger partial charge is 0.0668 e. The molecule has 0 aromatic rings. The van der Waals surface area contributed by atoms with Gasteiger partial charge >= 0.3 is 0 Å². The first-order valence-electron chi connectivity index (χ1n) is 3.12. The second kappa shape index (κ2) is 0.655. The average molecular weight is 96.1 g/mol. The third-order valence-electron chi connectivity index (χ3n) is 2.70. The molecule has 1 heteroatoms. The first-order chi connectivity index (χ1) is 3.47. The Morgan fingerprint density at radius 1 is 1.29 bits per heavy atom. The monoisotopic (exact) mass is 96.1 g/mol. The molecule has 0 radical (unpaired) electrons. The summed E-state index contributed by atoms with van der Waals surface area (Å²) in [5.41, 5.74) is 0. The molecule has 0 spiro atoms. The molecule has 1 aliphatic heterocycles. The summed E-state index contributed by atoms with van der Waals surface area (Å²) >= 11 is 0. The highest BCUT2D eigenvalue weighted by Gasteiger charge is 2.68. The van der Waals surface area contributed by atoms with Gasteiger partial charge in [-0.15, -0.1) is 0 Å². The van der Waals surface area contributed by atoms with E-state index in [2.05, 4.69) is 0 Å². The van der Waals surface area contributed by atoms with Crippen molar-refractivity contribution in [2.75, 3.05) is 0 Å². The lowest BCUT2D eigenvalue weighted by atomic mass is 10.1. The van der Waals surface area contributed by atoms with Crippen LogP contribution in [0, 0.1) is 11.8 Å². The van der Waals surface area contributed by atoms with Crippen LogP contribution in [0.15, 0.2) is 0 Å². The molecule has 0 aromatic heterocycles. The molecule has 0 aromatic carbocycles. The maximum atomic E-state index is 5.41. The van der Waals surface area contributed by atoms with Gasteiger partial charge in [0.05, 0.1) is 12.2 Å². The van der Waals surface area contributed by atoms with Gasteiger partial charge in [-0.2, -0.15) is 0 Å². The normalized spacial score (nSPS) is 72.0. The molecule has 4 atom stereocenters. The molecule has 0 bridgehead atoms. The Kier molecular flexibility index (Phi) is 0.288. The summed E-state index contributed by atoms with van der Waals surface area (Å²) in [7, 11) is 0. The maximum Gasteiger partial charge on any atom is 0.0668 e. The topological polar surface area (TPSA) is 9.23 Å². The fourth-order valence-electron chi connectivity index (χ4n) is 2.22. The number of hydrogen-bond acceptors (Lipinski definition) is 1. The Bertz CT molecular complexity index is 108. The minimum absolute atomic E-state index is 0.731. The van der Waals surface area contributed by atoms with Crippen molar-refractivity contribution < 1.29 is 4.74 Å². The zero-order valence-corrected chi connectivity index (χ0v) is 4.13. The summed E-state index contributed by atoms with van der Waals surface area (Å²) in [6, 6.07) is 0. The lowest BCUT2D eigenvalue weighted by Crippen LogP contribution is -2.28. The molecule has 1 heterocycles. The largest absolute Gasteiger partial charge is 0.374 e. The molecule has 2 saturated carbocycles. The van der Waals surface area contributed by atoms with Gasteiger partial charge in [0.1, 0.15) is 0 Å². The molecular formula is C6H8O. The van der Waals surface area contributed by atoms with E-state index in [1.165, 1.54) is 12.8 Å². The van der Waals surface area contributed by atoms with Crippen LogP contribution in [0.25, 0.3) is 0 Å². The van der Waals surface area contributed by atoms with Crippen LogP contribution < -0.4 is 0 Å². The van der Waals surface area contributed by atoms with E-state index in [1.807, 2.05) is 0 Å². The Hall–Kier alpha value is -0.0400. The Balaban J connectivity index is 2.07. The molecule has 4 unspecified atom stereocenters. The van der Waals surface area contributed by atoms with Gasteiger partial charge in [-0.3, -0.25) is 0 Å². The summed E-state index contributed by atoms with van der Waals surface area (Å²) in [5, 5.41) is 0. The van der Waals surface area contributed by atoms with Crippen molar-refractivity contribution in [2.45, 2.75) is 25.0 Å². The van der Waals surface area contributed by atoms with E-state index in [-0.39, 0.29) is 0 Å². The molecule has 0 amide bonds. The zero-order valence-electron chi connectivity index (χ0n) is 4.13. The number of hydrogen-bond donors (Lipinski definition) is 0. The van der Waals surface area contributed by atoms with E-state index >= 15 is 0 Å². The standard InChI is InChI=1S/C6H8O/c1-2-4-5-3(1)6(5)7-4/h3-6H,1-2H2. The summed E-state index contributed by atoms with van der Waals surface area (Å²) in [6.45, 7) is 0. The number of ether oxygens (including phenoxy) is 1. The summed E-state index contributed by atoms with van der Waals surface area (Å²) in [5.74, 6) is 2.09. The van der Waals surface area contributed by atoms with Gasteiger partial charge in [0, 0.05) is 5.92 Å². The van der Waals surface area contributed by atoms with Gasteiger partial charge < -0.3 is 4.74 Å². The highest BCUT2D eigenvalue weighted by molar-refractivity contribution is 5.15. The van der Waals surface area contributed by atoms with Crippen LogP contribution in [-0.4, -0.2) is 12.2 Å². The lowest BCUT2D eigenvalue weighted by Gasteiger charge is -2.24.